The lowest BCUT2D eigenvalue weighted by Gasteiger charge is -2.40. The van der Waals surface area contributed by atoms with E-state index in [1.54, 1.807) is 12.4 Å². The zero-order valence-electron chi connectivity index (χ0n) is 17.3. The SMILES string of the molecule is CC[C@H](C)C(=O)N1CC(Oc2ccc(NC(=O)C3CN(c4ccnnc4)C3)cc2)C1. The summed E-state index contributed by atoms with van der Waals surface area (Å²) in [6, 6.07) is 9.28. The van der Waals surface area contributed by atoms with E-state index in [9.17, 15) is 9.59 Å². The Morgan fingerprint density at radius 3 is 2.50 bits per heavy atom. The predicted molar refractivity (Wildman–Crippen MR) is 113 cm³/mol. The molecule has 8 nitrogen and oxygen atoms in total. The van der Waals surface area contributed by atoms with Crippen LogP contribution in [0.15, 0.2) is 42.7 Å². The van der Waals surface area contributed by atoms with E-state index >= 15 is 0 Å². The van der Waals surface area contributed by atoms with Gasteiger partial charge in [0.05, 0.1) is 37.1 Å². The van der Waals surface area contributed by atoms with Gasteiger partial charge in [-0.05, 0) is 36.8 Å². The molecule has 1 atom stereocenters. The number of ether oxygens (including phenoxy) is 1. The highest BCUT2D eigenvalue weighted by molar-refractivity contribution is 5.94. The van der Waals surface area contributed by atoms with Crippen LogP contribution in [-0.2, 0) is 9.59 Å². The molecule has 2 fully saturated rings. The quantitative estimate of drug-likeness (QED) is 0.754. The molecule has 3 heterocycles. The Labute approximate surface area is 176 Å². The average molecular weight is 409 g/mol. The van der Waals surface area contributed by atoms with E-state index in [0.29, 0.717) is 26.2 Å². The number of benzene rings is 1. The van der Waals surface area contributed by atoms with Crippen molar-refractivity contribution in [3.05, 3.63) is 42.7 Å². The van der Waals surface area contributed by atoms with Crippen LogP contribution in [0.2, 0.25) is 0 Å². The molecule has 158 valence electrons. The van der Waals surface area contributed by atoms with E-state index in [-0.39, 0.29) is 29.8 Å². The van der Waals surface area contributed by atoms with Gasteiger partial charge in [-0.3, -0.25) is 9.59 Å². The zero-order valence-corrected chi connectivity index (χ0v) is 17.3. The third-order valence-electron chi connectivity index (χ3n) is 5.80. The summed E-state index contributed by atoms with van der Waals surface area (Å²) in [5.41, 5.74) is 1.73. The highest BCUT2D eigenvalue weighted by Gasteiger charge is 2.34. The minimum absolute atomic E-state index is 0.0140. The molecule has 2 amide bonds. The summed E-state index contributed by atoms with van der Waals surface area (Å²) in [4.78, 5) is 28.5. The van der Waals surface area contributed by atoms with Gasteiger partial charge in [-0.1, -0.05) is 13.8 Å². The molecule has 4 rings (SSSR count). The van der Waals surface area contributed by atoms with E-state index in [0.717, 1.165) is 23.5 Å². The summed E-state index contributed by atoms with van der Waals surface area (Å²) in [6.07, 6.45) is 4.24. The van der Waals surface area contributed by atoms with E-state index in [4.69, 9.17) is 4.74 Å². The van der Waals surface area contributed by atoms with Crippen molar-refractivity contribution in [2.75, 3.05) is 36.4 Å². The van der Waals surface area contributed by atoms with Crippen LogP contribution in [0.4, 0.5) is 11.4 Å². The highest BCUT2D eigenvalue weighted by atomic mass is 16.5. The smallest absolute Gasteiger partial charge is 0.231 e. The number of hydrogen-bond acceptors (Lipinski definition) is 6. The minimum Gasteiger partial charge on any atom is -0.487 e. The number of carbonyl (C=O) groups excluding carboxylic acids is 2. The normalized spacial score (nSPS) is 17.7. The Hall–Kier alpha value is -3.16. The van der Waals surface area contributed by atoms with Gasteiger partial charge in [-0.25, -0.2) is 0 Å². The van der Waals surface area contributed by atoms with Crippen LogP contribution in [0.25, 0.3) is 0 Å². The van der Waals surface area contributed by atoms with Crippen LogP contribution in [0.5, 0.6) is 5.75 Å². The molecule has 1 aromatic heterocycles. The van der Waals surface area contributed by atoms with Gasteiger partial charge in [-0.2, -0.15) is 10.2 Å². The standard InChI is InChI=1S/C22H27N5O3/c1-3-15(2)22(29)27-13-20(14-27)30-19-6-4-17(5-7-19)25-21(28)16-11-26(12-16)18-8-9-23-24-10-18/h4-10,15-16,20H,3,11-14H2,1-2H3,(H,25,28)/t15-/m0/s1. The van der Waals surface area contributed by atoms with Gasteiger partial charge in [0.1, 0.15) is 11.9 Å². The number of rotatable bonds is 7. The van der Waals surface area contributed by atoms with E-state index < -0.39 is 0 Å². The third kappa shape index (κ3) is 4.37. The van der Waals surface area contributed by atoms with Crippen LogP contribution in [0.1, 0.15) is 20.3 Å². The van der Waals surface area contributed by atoms with Gasteiger partial charge in [0.25, 0.3) is 0 Å². The molecule has 0 bridgehead atoms. The van der Waals surface area contributed by atoms with Crippen molar-refractivity contribution < 1.29 is 14.3 Å². The van der Waals surface area contributed by atoms with Crippen LogP contribution >= 0.6 is 0 Å². The van der Waals surface area contributed by atoms with Crippen LogP contribution < -0.4 is 15.0 Å². The van der Waals surface area contributed by atoms with Crippen molar-refractivity contribution in [2.45, 2.75) is 26.4 Å². The van der Waals surface area contributed by atoms with Crippen molar-refractivity contribution in [2.24, 2.45) is 11.8 Å². The van der Waals surface area contributed by atoms with Gasteiger partial charge in [0, 0.05) is 24.7 Å². The van der Waals surface area contributed by atoms with Crippen molar-refractivity contribution in [3.8, 4) is 5.75 Å². The fraction of sp³-hybridized carbons (Fsp3) is 0.455. The Morgan fingerprint density at radius 2 is 1.87 bits per heavy atom. The molecule has 0 radical (unpaired) electrons. The number of amides is 2. The van der Waals surface area contributed by atoms with Crippen molar-refractivity contribution in [3.63, 3.8) is 0 Å². The molecule has 0 spiro atoms. The fourth-order valence-electron chi connectivity index (χ4n) is 3.56. The first-order chi connectivity index (χ1) is 14.5. The first kappa shape index (κ1) is 20.1. The molecule has 1 aromatic carbocycles. The van der Waals surface area contributed by atoms with Crippen LogP contribution in [0.3, 0.4) is 0 Å². The molecule has 0 saturated carbocycles. The summed E-state index contributed by atoms with van der Waals surface area (Å²) in [5, 5.41) is 10.6. The van der Waals surface area contributed by atoms with Crippen molar-refractivity contribution >= 4 is 23.2 Å². The molecule has 0 aliphatic carbocycles. The number of likely N-dealkylation sites (tertiary alicyclic amines) is 1. The molecule has 2 saturated heterocycles. The van der Waals surface area contributed by atoms with Gasteiger partial charge < -0.3 is 19.9 Å². The van der Waals surface area contributed by atoms with Gasteiger partial charge in [0.15, 0.2) is 0 Å². The van der Waals surface area contributed by atoms with E-state index in [1.807, 2.05) is 49.1 Å². The summed E-state index contributed by atoms with van der Waals surface area (Å²) in [7, 11) is 0. The lowest BCUT2D eigenvalue weighted by molar-refractivity contribution is -0.144. The van der Waals surface area contributed by atoms with Crippen LogP contribution in [-0.4, -0.2) is 59.2 Å². The van der Waals surface area contributed by atoms with Crippen molar-refractivity contribution in [1.29, 1.82) is 0 Å². The molecule has 2 aromatic rings. The molecule has 2 aliphatic rings. The number of hydrogen-bond donors (Lipinski definition) is 1. The van der Waals surface area contributed by atoms with E-state index in [2.05, 4.69) is 20.4 Å². The molecular formula is C22H27N5O3. The molecule has 1 N–H and O–H groups in total. The average Bonchev–Trinajstić information content (AvgIpc) is 2.70. The van der Waals surface area contributed by atoms with Crippen LogP contribution in [0, 0.1) is 11.8 Å². The Balaban J connectivity index is 1.20. The molecule has 2 aliphatic heterocycles. The molecular weight excluding hydrogens is 382 g/mol. The van der Waals surface area contributed by atoms with Crippen molar-refractivity contribution in [1.82, 2.24) is 15.1 Å². The molecule has 8 heteroatoms. The maximum Gasteiger partial charge on any atom is 0.231 e. The summed E-state index contributed by atoms with van der Waals surface area (Å²) >= 11 is 0. The maximum atomic E-state index is 12.4. The minimum atomic E-state index is -0.0434. The summed E-state index contributed by atoms with van der Waals surface area (Å²) in [5.74, 6) is 0.981. The summed E-state index contributed by atoms with van der Waals surface area (Å²) in [6.45, 7) is 6.59. The number of carbonyl (C=O) groups is 2. The zero-order chi connectivity index (χ0) is 21.1. The maximum absolute atomic E-state index is 12.4. The number of nitrogens with one attached hydrogen (secondary N) is 1. The fourth-order valence-corrected chi connectivity index (χ4v) is 3.56. The Kier molecular flexibility index (Phi) is 5.83. The number of anilines is 2. The molecule has 0 unspecified atom stereocenters. The third-order valence-corrected chi connectivity index (χ3v) is 5.80. The highest BCUT2D eigenvalue weighted by Crippen LogP contribution is 2.26. The predicted octanol–water partition coefficient (Wildman–Crippen LogP) is 2.19. The van der Waals surface area contributed by atoms with Gasteiger partial charge in [-0.15, -0.1) is 0 Å². The lowest BCUT2D eigenvalue weighted by atomic mass is 9.98. The number of nitrogens with zero attached hydrogens (tertiary/aromatic N) is 4. The largest absolute Gasteiger partial charge is 0.487 e. The molecule has 30 heavy (non-hydrogen) atoms. The second-order valence-electron chi connectivity index (χ2n) is 8.01. The monoisotopic (exact) mass is 409 g/mol. The summed E-state index contributed by atoms with van der Waals surface area (Å²) < 4.78 is 5.92. The van der Waals surface area contributed by atoms with E-state index in [1.165, 1.54) is 0 Å². The Bertz CT molecular complexity index is 877. The number of aromatic nitrogens is 2. The second-order valence-corrected chi connectivity index (χ2v) is 8.01. The lowest BCUT2D eigenvalue weighted by Crippen LogP contribution is -2.57. The first-order valence-electron chi connectivity index (χ1n) is 10.4. The Morgan fingerprint density at radius 1 is 1.13 bits per heavy atom. The topological polar surface area (TPSA) is 87.7 Å². The second kappa shape index (κ2) is 8.69. The first-order valence-corrected chi connectivity index (χ1v) is 10.4. The van der Waals surface area contributed by atoms with Gasteiger partial charge in [0.2, 0.25) is 11.8 Å². The van der Waals surface area contributed by atoms with Gasteiger partial charge >= 0.3 is 0 Å².